The van der Waals surface area contributed by atoms with E-state index >= 15 is 0 Å². The van der Waals surface area contributed by atoms with Gasteiger partial charge in [-0.1, -0.05) is 6.92 Å². The van der Waals surface area contributed by atoms with Crippen molar-refractivity contribution in [2.45, 2.75) is 19.9 Å². The first-order valence-electron chi connectivity index (χ1n) is 9.75. The first kappa shape index (κ1) is 19.1. The van der Waals surface area contributed by atoms with Crippen LogP contribution in [0.25, 0.3) is 11.0 Å². The number of fused-ring (bicyclic) bond motifs is 1. The minimum Gasteiger partial charge on any atom is -0.369 e. The predicted molar refractivity (Wildman–Crippen MR) is 110 cm³/mol. The van der Waals surface area contributed by atoms with Crippen molar-refractivity contribution in [2.75, 3.05) is 31.1 Å². The lowest BCUT2D eigenvalue weighted by molar-refractivity contribution is 0.249. The fourth-order valence-corrected chi connectivity index (χ4v) is 3.73. The van der Waals surface area contributed by atoms with Crippen LogP contribution in [0.5, 0.6) is 0 Å². The van der Waals surface area contributed by atoms with Crippen LogP contribution in [0.15, 0.2) is 41.3 Å². The first-order valence-corrected chi connectivity index (χ1v) is 9.75. The number of aryl methyl sites for hydroxylation is 1. The van der Waals surface area contributed by atoms with Crippen molar-refractivity contribution in [3.63, 3.8) is 0 Å². The molecule has 0 atom stereocenters. The molecule has 0 aliphatic carbocycles. The molecule has 1 saturated heterocycles. The van der Waals surface area contributed by atoms with Crippen molar-refractivity contribution in [2.24, 2.45) is 0 Å². The number of hydrogen-bond donors (Lipinski definition) is 1. The number of anilines is 1. The number of aromatic amines is 1. The van der Waals surface area contributed by atoms with Gasteiger partial charge in [-0.2, -0.15) is 5.26 Å². The number of nitrogens with zero attached hydrogens (tertiary/aromatic N) is 4. The van der Waals surface area contributed by atoms with Gasteiger partial charge in [0.1, 0.15) is 11.9 Å². The maximum Gasteiger partial charge on any atom is 0.251 e. The second-order valence-corrected chi connectivity index (χ2v) is 7.29. The summed E-state index contributed by atoms with van der Waals surface area (Å²) in [4.78, 5) is 23.9. The standard InChI is InChI=1S/C22H22FN5O/c1-2-16-10-20-21(26-22(16)29)9-15(13-25-20)14-27-5-7-28(8-6-27)18-4-3-17(12-24)19(23)11-18/h3-4,9-11,13H,2,5-8,14H2,1H3,(H,26,29). The highest BCUT2D eigenvalue weighted by atomic mass is 19.1. The van der Waals surface area contributed by atoms with Crippen LogP contribution < -0.4 is 10.5 Å². The second kappa shape index (κ2) is 8.02. The van der Waals surface area contributed by atoms with E-state index in [1.807, 2.05) is 31.3 Å². The van der Waals surface area contributed by atoms with E-state index in [1.165, 1.54) is 12.1 Å². The lowest BCUT2D eigenvalue weighted by Crippen LogP contribution is -2.46. The Morgan fingerprint density at radius 1 is 1.21 bits per heavy atom. The molecule has 0 unspecified atom stereocenters. The molecule has 29 heavy (non-hydrogen) atoms. The number of nitriles is 1. The summed E-state index contributed by atoms with van der Waals surface area (Å²) in [5.74, 6) is -0.477. The average molecular weight is 391 g/mol. The molecule has 3 aromatic rings. The molecule has 1 aromatic carbocycles. The van der Waals surface area contributed by atoms with Gasteiger partial charge in [0.05, 0.1) is 16.6 Å². The largest absolute Gasteiger partial charge is 0.369 e. The topological polar surface area (TPSA) is 76.0 Å². The third-order valence-electron chi connectivity index (χ3n) is 5.42. The van der Waals surface area contributed by atoms with E-state index in [2.05, 4.69) is 19.8 Å². The third-order valence-corrected chi connectivity index (χ3v) is 5.42. The molecular weight excluding hydrogens is 369 g/mol. The first-order chi connectivity index (χ1) is 14.1. The smallest absolute Gasteiger partial charge is 0.251 e. The minimum atomic E-state index is -0.477. The Morgan fingerprint density at radius 3 is 2.69 bits per heavy atom. The zero-order valence-corrected chi connectivity index (χ0v) is 16.3. The summed E-state index contributed by atoms with van der Waals surface area (Å²) in [7, 11) is 0. The van der Waals surface area contributed by atoms with Crippen LogP contribution in [-0.4, -0.2) is 41.0 Å². The van der Waals surface area contributed by atoms with E-state index < -0.39 is 5.82 Å². The normalized spacial score (nSPS) is 14.9. The fraction of sp³-hybridized carbons (Fsp3) is 0.318. The molecule has 148 valence electrons. The summed E-state index contributed by atoms with van der Waals surface area (Å²) in [6.07, 6.45) is 2.55. The zero-order valence-electron chi connectivity index (χ0n) is 16.3. The number of H-pyrrole nitrogens is 1. The van der Waals surface area contributed by atoms with Gasteiger partial charge in [0.25, 0.3) is 5.56 Å². The highest BCUT2D eigenvalue weighted by Crippen LogP contribution is 2.21. The van der Waals surface area contributed by atoms with Crippen LogP contribution in [0.4, 0.5) is 10.1 Å². The molecule has 6 nitrogen and oxygen atoms in total. The fourth-order valence-electron chi connectivity index (χ4n) is 3.73. The van der Waals surface area contributed by atoms with Crippen molar-refractivity contribution >= 4 is 16.7 Å². The van der Waals surface area contributed by atoms with Gasteiger partial charge >= 0.3 is 0 Å². The number of hydrogen-bond acceptors (Lipinski definition) is 5. The van der Waals surface area contributed by atoms with Gasteiger partial charge in [-0.05, 0) is 42.3 Å². The molecule has 1 N–H and O–H groups in total. The van der Waals surface area contributed by atoms with Crippen LogP contribution in [-0.2, 0) is 13.0 Å². The maximum absolute atomic E-state index is 13.9. The average Bonchev–Trinajstić information content (AvgIpc) is 2.73. The molecule has 0 spiro atoms. The van der Waals surface area contributed by atoms with Gasteiger partial charge in [0.15, 0.2) is 0 Å². The quantitative estimate of drug-likeness (QED) is 0.740. The minimum absolute atomic E-state index is 0.0535. The number of pyridine rings is 2. The summed E-state index contributed by atoms with van der Waals surface area (Å²) in [6.45, 7) is 5.94. The molecule has 1 aliphatic heterocycles. The molecular formula is C22H22FN5O. The number of nitrogens with one attached hydrogen (secondary N) is 1. The summed E-state index contributed by atoms with van der Waals surface area (Å²) >= 11 is 0. The Hall–Kier alpha value is -3.24. The molecule has 1 fully saturated rings. The van der Waals surface area contributed by atoms with Crippen molar-refractivity contribution < 1.29 is 4.39 Å². The molecule has 0 bridgehead atoms. The van der Waals surface area contributed by atoms with E-state index in [0.29, 0.717) is 6.42 Å². The van der Waals surface area contributed by atoms with Gasteiger partial charge in [-0.25, -0.2) is 4.39 Å². The Labute approximate surface area is 168 Å². The van der Waals surface area contributed by atoms with Gasteiger partial charge in [-0.15, -0.1) is 0 Å². The number of piperazine rings is 1. The number of rotatable bonds is 4. The lowest BCUT2D eigenvalue weighted by Gasteiger charge is -2.36. The predicted octanol–water partition coefficient (Wildman–Crippen LogP) is 2.82. The SMILES string of the molecule is CCc1cc2ncc(CN3CCN(c4ccc(C#N)c(F)c4)CC3)cc2[nH]c1=O. The summed E-state index contributed by atoms with van der Waals surface area (Å²) in [5, 5.41) is 8.87. The Balaban J connectivity index is 1.42. The van der Waals surface area contributed by atoms with Crippen LogP contribution in [0.3, 0.4) is 0 Å². The highest BCUT2D eigenvalue weighted by Gasteiger charge is 2.18. The number of benzene rings is 1. The van der Waals surface area contributed by atoms with Crippen LogP contribution >= 0.6 is 0 Å². The molecule has 0 saturated carbocycles. The third kappa shape index (κ3) is 3.98. The summed E-state index contributed by atoms with van der Waals surface area (Å²) in [6, 6.07) is 10.5. The zero-order chi connectivity index (χ0) is 20.4. The summed E-state index contributed by atoms with van der Waals surface area (Å²) < 4.78 is 13.9. The van der Waals surface area contributed by atoms with Crippen LogP contribution in [0.2, 0.25) is 0 Å². The van der Waals surface area contributed by atoms with Gasteiger partial charge < -0.3 is 9.88 Å². The van der Waals surface area contributed by atoms with Crippen molar-refractivity contribution in [1.82, 2.24) is 14.9 Å². The number of halogens is 1. The molecule has 2 aromatic heterocycles. The Morgan fingerprint density at radius 2 is 2.00 bits per heavy atom. The summed E-state index contributed by atoms with van der Waals surface area (Å²) in [5.41, 5.74) is 4.18. The van der Waals surface area contributed by atoms with Crippen molar-refractivity contribution in [3.8, 4) is 6.07 Å². The van der Waals surface area contributed by atoms with E-state index in [9.17, 15) is 9.18 Å². The van der Waals surface area contributed by atoms with E-state index in [0.717, 1.165) is 60.6 Å². The van der Waals surface area contributed by atoms with Crippen LogP contribution in [0, 0.1) is 17.1 Å². The van der Waals surface area contributed by atoms with E-state index in [1.54, 1.807) is 6.07 Å². The van der Waals surface area contributed by atoms with Crippen molar-refractivity contribution in [3.05, 3.63) is 69.4 Å². The molecule has 4 rings (SSSR count). The van der Waals surface area contributed by atoms with Gasteiger partial charge in [0.2, 0.25) is 0 Å². The lowest BCUT2D eigenvalue weighted by atomic mass is 10.1. The monoisotopic (exact) mass is 391 g/mol. The molecule has 0 amide bonds. The maximum atomic E-state index is 13.9. The molecule has 3 heterocycles. The molecule has 1 aliphatic rings. The van der Waals surface area contributed by atoms with Crippen molar-refractivity contribution in [1.29, 1.82) is 5.26 Å². The van der Waals surface area contributed by atoms with E-state index in [-0.39, 0.29) is 11.1 Å². The highest BCUT2D eigenvalue weighted by molar-refractivity contribution is 5.74. The van der Waals surface area contributed by atoms with Gasteiger partial charge in [-0.3, -0.25) is 14.7 Å². The Bertz CT molecular complexity index is 1140. The van der Waals surface area contributed by atoms with Gasteiger partial charge in [0, 0.05) is 50.2 Å². The second-order valence-electron chi connectivity index (χ2n) is 7.29. The Kier molecular flexibility index (Phi) is 5.28. The molecule has 7 heteroatoms. The van der Waals surface area contributed by atoms with Crippen LogP contribution in [0.1, 0.15) is 23.6 Å². The number of aromatic nitrogens is 2. The van der Waals surface area contributed by atoms with E-state index in [4.69, 9.17) is 5.26 Å². The molecule has 0 radical (unpaired) electrons.